The van der Waals surface area contributed by atoms with Crippen LogP contribution >= 0.6 is 0 Å². The lowest BCUT2D eigenvalue weighted by Crippen LogP contribution is -2.38. The molecule has 0 saturated heterocycles. The number of hydrogen-bond donors (Lipinski definition) is 0. The van der Waals surface area contributed by atoms with Crippen LogP contribution in [0.15, 0.2) is 86.0 Å². The molecule has 4 aromatic heterocycles. The third-order valence-electron chi connectivity index (χ3n) is 4.12. The first-order chi connectivity index (χ1) is 15.1. The second kappa shape index (κ2) is 9.43. The van der Waals surface area contributed by atoms with Crippen molar-refractivity contribution in [2.24, 2.45) is 0 Å². The summed E-state index contributed by atoms with van der Waals surface area (Å²) in [4.78, 5) is 16.7. The Kier molecular flexibility index (Phi) is 6.26. The summed E-state index contributed by atoms with van der Waals surface area (Å²) in [5, 5.41) is 0. The van der Waals surface area contributed by atoms with Gasteiger partial charge in [0.1, 0.15) is 0 Å². The molecule has 0 aliphatic carbocycles. The number of hydrogen-bond acceptors (Lipinski definition) is 8. The molecular weight excluding hydrogens is 420 g/mol. The standard InChI is InChI=1S/C20H18N6O4S/c27-31(28,29-15-25-11-3-17(4-12-25)19-21-7-1-8-22-19)30-16-26-13-5-18(6-14-26)20-23-9-2-10-24-20/h1-14H,15-16H2/q+2. The van der Waals surface area contributed by atoms with Crippen LogP contribution < -0.4 is 9.13 Å². The molecule has 0 saturated carbocycles. The normalized spacial score (nSPS) is 11.4. The summed E-state index contributed by atoms with van der Waals surface area (Å²) < 4.78 is 37.0. The number of aromatic nitrogens is 6. The summed E-state index contributed by atoms with van der Waals surface area (Å²) in [6, 6.07) is 10.5. The summed E-state index contributed by atoms with van der Waals surface area (Å²) in [6.45, 7) is -0.458. The molecule has 0 N–H and O–H groups in total. The van der Waals surface area contributed by atoms with Crippen LogP contribution in [0.2, 0.25) is 0 Å². The highest BCUT2D eigenvalue weighted by Crippen LogP contribution is 2.11. The van der Waals surface area contributed by atoms with Gasteiger partial charge in [0.15, 0.2) is 36.4 Å². The Morgan fingerprint density at radius 3 is 1.35 bits per heavy atom. The highest BCUT2D eigenvalue weighted by molar-refractivity contribution is 7.81. The van der Waals surface area contributed by atoms with Crippen molar-refractivity contribution in [1.82, 2.24) is 19.9 Å². The van der Waals surface area contributed by atoms with E-state index in [1.54, 1.807) is 95.1 Å². The monoisotopic (exact) mass is 438 g/mol. The molecule has 11 heteroatoms. The van der Waals surface area contributed by atoms with Crippen LogP contribution in [-0.4, -0.2) is 28.4 Å². The number of nitrogens with zero attached hydrogens (tertiary/aromatic N) is 6. The van der Waals surface area contributed by atoms with Crippen molar-refractivity contribution in [3.05, 3.63) is 86.0 Å². The Bertz CT molecular complexity index is 1130. The van der Waals surface area contributed by atoms with E-state index in [0.717, 1.165) is 11.1 Å². The largest absolute Gasteiger partial charge is 0.410 e. The van der Waals surface area contributed by atoms with Gasteiger partial charge in [-0.3, -0.25) is 0 Å². The van der Waals surface area contributed by atoms with E-state index >= 15 is 0 Å². The van der Waals surface area contributed by atoms with E-state index in [9.17, 15) is 8.42 Å². The zero-order valence-corrected chi connectivity index (χ0v) is 17.0. The van der Waals surface area contributed by atoms with E-state index < -0.39 is 10.4 Å². The van der Waals surface area contributed by atoms with Gasteiger partial charge in [0.05, 0.1) is 0 Å². The first kappa shape index (κ1) is 20.6. The molecule has 31 heavy (non-hydrogen) atoms. The van der Waals surface area contributed by atoms with E-state index in [2.05, 4.69) is 19.9 Å². The smallest absolute Gasteiger partial charge is 0.237 e. The van der Waals surface area contributed by atoms with Crippen molar-refractivity contribution in [2.75, 3.05) is 0 Å². The van der Waals surface area contributed by atoms with Gasteiger partial charge in [-0.25, -0.2) is 19.9 Å². The molecule has 0 atom stereocenters. The fraction of sp³-hybridized carbons (Fsp3) is 0.100. The molecule has 0 radical (unpaired) electrons. The van der Waals surface area contributed by atoms with Gasteiger partial charge < -0.3 is 0 Å². The van der Waals surface area contributed by atoms with Crippen LogP contribution in [0.25, 0.3) is 22.8 Å². The highest BCUT2D eigenvalue weighted by atomic mass is 32.3. The predicted molar refractivity (Wildman–Crippen MR) is 106 cm³/mol. The van der Waals surface area contributed by atoms with Crippen LogP contribution in [-0.2, 0) is 32.2 Å². The minimum Gasteiger partial charge on any atom is -0.237 e. The maximum Gasteiger partial charge on any atom is 0.410 e. The molecule has 0 unspecified atom stereocenters. The molecule has 4 heterocycles. The molecule has 0 amide bonds. The third-order valence-corrected chi connectivity index (χ3v) is 4.91. The maximum absolute atomic E-state index is 12.0. The zero-order chi connectivity index (χ0) is 21.5. The summed E-state index contributed by atoms with van der Waals surface area (Å²) in [5.74, 6) is 1.15. The van der Waals surface area contributed by atoms with Crippen molar-refractivity contribution in [3.63, 3.8) is 0 Å². The topological polar surface area (TPSA) is 112 Å². The van der Waals surface area contributed by atoms with Gasteiger partial charge in [0.25, 0.3) is 13.5 Å². The second-order valence-corrected chi connectivity index (χ2v) is 7.54. The van der Waals surface area contributed by atoms with Gasteiger partial charge in [-0.1, -0.05) is 0 Å². The highest BCUT2D eigenvalue weighted by Gasteiger charge is 2.18. The first-order valence-electron chi connectivity index (χ1n) is 9.16. The molecule has 156 valence electrons. The average molecular weight is 438 g/mol. The molecular formula is C20H18N6O4S+2. The van der Waals surface area contributed by atoms with Crippen LogP contribution in [0.4, 0.5) is 0 Å². The average Bonchev–Trinajstić information content (AvgIpc) is 2.83. The van der Waals surface area contributed by atoms with Gasteiger partial charge in [0, 0.05) is 60.2 Å². The van der Waals surface area contributed by atoms with Gasteiger partial charge in [-0.05, 0) is 12.1 Å². The van der Waals surface area contributed by atoms with E-state index in [-0.39, 0.29) is 13.5 Å². The summed E-state index contributed by atoms with van der Waals surface area (Å²) in [7, 11) is -4.19. The Hall–Kier alpha value is -3.67. The minimum atomic E-state index is -4.19. The van der Waals surface area contributed by atoms with E-state index in [0.29, 0.717) is 11.6 Å². The molecule has 0 aromatic carbocycles. The molecule has 4 rings (SSSR count). The molecule has 0 bridgehead atoms. The van der Waals surface area contributed by atoms with E-state index in [1.807, 2.05) is 0 Å². The van der Waals surface area contributed by atoms with Crippen molar-refractivity contribution < 1.29 is 25.9 Å². The van der Waals surface area contributed by atoms with Gasteiger partial charge in [-0.2, -0.15) is 25.9 Å². The third kappa shape index (κ3) is 5.69. The van der Waals surface area contributed by atoms with E-state index in [1.165, 1.54) is 0 Å². The maximum atomic E-state index is 12.0. The lowest BCUT2D eigenvalue weighted by molar-refractivity contribution is -0.730. The van der Waals surface area contributed by atoms with Crippen LogP contribution in [0, 0.1) is 0 Å². The van der Waals surface area contributed by atoms with Crippen molar-refractivity contribution in [1.29, 1.82) is 0 Å². The van der Waals surface area contributed by atoms with Crippen molar-refractivity contribution >= 4 is 10.4 Å². The van der Waals surface area contributed by atoms with Gasteiger partial charge in [-0.15, -0.1) is 0 Å². The Morgan fingerprint density at radius 1 is 0.645 bits per heavy atom. The lowest BCUT2D eigenvalue weighted by Gasteiger charge is -2.03. The van der Waals surface area contributed by atoms with Crippen LogP contribution in [0.1, 0.15) is 0 Å². The summed E-state index contributed by atoms with van der Waals surface area (Å²) >= 11 is 0. The summed E-state index contributed by atoms with van der Waals surface area (Å²) in [6.07, 6.45) is 13.3. The zero-order valence-electron chi connectivity index (χ0n) is 16.2. The Balaban J connectivity index is 1.30. The molecule has 4 aromatic rings. The van der Waals surface area contributed by atoms with Crippen molar-refractivity contribution in [3.8, 4) is 22.8 Å². The molecule has 0 aliphatic rings. The predicted octanol–water partition coefficient (Wildman–Crippen LogP) is 1.07. The van der Waals surface area contributed by atoms with Crippen LogP contribution in [0.5, 0.6) is 0 Å². The first-order valence-corrected chi connectivity index (χ1v) is 10.5. The summed E-state index contributed by atoms with van der Waals surface area (Å²) in [5.41, 5.74) is 1.61. The quantitative estimate of drug-likeness (QED) is 0.376. The minimum absolute atomic E-state index is 0.229. The molecule has 0 aliphatic heterocycles. The second-order valence-electron chi connectivity index (χ2n) is 6.25. The van der Waals surface area contributed by atoms with Gasteiger partial charge in [0.2, 0.25) is 0 Å². The Labute approximate surface area is 178 Å². The molecule has 0 fully saturated rings. The number of rotatable bonds is 8. The molecule has 0 spiro atoms. The lowest BCUT2D eigenvalue weighted by atomic mass is 10.2. The Morgan fingerprint density at radius 2 is 1.00 bits per heavy atom. The van der Waals surface area contributed by atoms with Crippen LogP contribution in [0.3, 0.4) is 0 Å². The fourth-order valence-corrected chi connectivity index (χ4v) is 3.14. The fourth-order valence-electron chi connectivity index (χ4n) is 2.57. The van der Waals surface area contributed by atoms with Gasteiger partial charge >= 0.3 is 10.4 Å². The SMILES string of the molecule is O=S(=O)(OC[n+]1ccc(-c2ncccn2)cc1)OC[n+]1ccc(-c2ncccn2)cc1. The number of pyridine rings is 2. The van der Waals surface area contributed by atoms with Crippen molar-refractivity contribution in [2.45, 2.75) is 13.5 Å². The van der Waals surface area contributed by atoms with E-state index in [4.69, 9.17) is 8.37 Å². The molecule has 10 nitrogen and oxygen atoms in total.